The number of hydrogen-bond acceptors (Lipinski definition) is 5. The maximum Gasteiger partial charge on any atom is 0.255 e. The molecule has 1 aliphatic heterocycles. The van der Waals surface area contributed by atoms with Crippen LogP contribution in [0.5, 0.6) is 0 Å². The van der Waals surface area contributed by atoms with E-state index in [-0.39, 0.29) is 12.5 Å². The number of para-hydroxylation sites is 2. The van der Waals surface area contributed by atoms with E-state index in [2.05, 4.69) is 20.4 Å². The minimum atomic E-state index is -0.102. The van der Waals surface area contributed by atoms with Gasteiger partial charge in [0.2, 0.25) is 5.91 Å². The minimum Gasteiger partial charge on any atom is -0.323 e. The summed E-state index contributed by atoms with van der Waals surface area (Å²) in [4.78, 5) is 21.9. The number of anilines is 3. The van der Waals surface area contributed by atoms with E-state index in [0.717, 1.165) is 11.4 Å². The molecule has 8 heteroatoms. The average Bonchev–Trinajstić information content (AvgIpc) is 2.93. The standard InChI is InChI=1S/C13H9ClN6O/c14-10-5-12(20-13(18-10)15-7-16-20)19-6-11(21)17-8-3-1-2-4-9(8)19/h1-5,7H,6H2,(H,17,21). The lowest BCUT2D eigenvalue weighted by Crippen LogP contribution is -2.36. The van der Waals surface area contributed by atoms with E-state index in [9.17, 15) is 4.79 Å². The quantitative estimate of drug-likeness (QED) is 0.694. The fourth-order valence-corrected chi connectivity index (χ4v) is 2.57. The largest absolute Gasteiger partial charge is 0.323 e. The number of nitrogens with one attached hydrogen (secondary N) is 1. The monoisotopic (exact) mass is 300 g/mol. The van der Waals surface area contributed by atoms with Gasteiger partial charge in [0.25, 0.3) is 5.78 Å². The molecule has 0 atom stereocenters. The van der Waals surface area contributed by atoms with Crippen molar-refractivity contribution in [3.8, 4) is 0 Å². The zero-order chi connectivity index (χ0) is 14.4. The molecule has 1 amide bonds. The van der Waals surface area contributed by atoms with E-state index in [4.69, 9.17) is 11.6 Å². The zero-order valence-electron chi connectivity index (χ0n) is 10.7. The Hall–Kier alpha value is -2.67. The summed E-state index contributed by atoms with van der Waals surface area (Å²) in [6.45, 7) is 0.173. The maximum absolute atomic E-state index is 11.9. The van der Waals surface area contributed by atoms with E-state index in [0.29, 0.717) is 16.7 Å². The van der Waals surface area contributed by atoms with Crippen molar-refractivity contribution in [1.29, 1.82) is 0 Å². The molecule has 7 nitrogen and oxygen atoms in total. The van der Waals surface area contributed by atoms with Crippen LogP contribution in [0.4, 0.5) is 17.2 Å². The van der Waals surface area contributed by atoms with Crippen molar-refractivity contribution in [2.45, 2.75) is 0 Å². The Balaban J connectivity index is 1.96. The van der Waals surface area contributed by atoms with Gasteiger partial charge in [-0.05, 0) is 12.1 Å². The van der Waals surface area contributed by atoms with Crippen molar-refractivity contribution in [2.24, 2.45) is 0 Å². The molecule has 0 radical (unpaired) electrons. The summed E-state index contributed by atoms with van der Waals surface area (Å²) < 4.78 is 1.56. The number of amides is 1. The summed E-state index contributed by atoms with van der Waals surface area (Å²) in [5.41, 5.74) is 1.62. The Labute approximate surface area is 124 Å². The fraction of sp³-hybridized carbons (Fsp3) is 0.0769. The third-order valence-corrected chi connectivity index (χ3v) is 3.44. The second-order valence-electron chi connectivity index (χ2n) is 4.56. The summed E-state index contributed by atoms with van der Waals surface area (Å²) in [5, 5.41) is 7.29. The Kier molecular flexibility index (Phi) is 2.55. The molecule has 1 aromatic carbocycles. The number of hydrogen-bond donors (Lipinski definition) is 1. The lowest BCUT2D eigenvalue weighted by Gasteiger charge is -2.30. The molecule has 0 saturated carbocycles. The molecular formula is C13H9ClN6O. The Morgan fingerprint density at radius 1 is 1.29 bits per heavy atom. The van der Waals surface area contributed by atoms with Gasteiger partial charge in [-0.25, -0.2) is 0 Å². The average molecular weight is 301 g/mol. The highest BCUT2D eigenvalue weighted by molar-refractivity contribution is 6.29. The number of halogens is 1. The van der Waals surface area contributed by atoms with E-state index in [1.807, 2.05) is 29.2 Å². The first-order valence-corrected chi connectivity index (χ1v) is 6.63. The Bertz CT molecular complexity index is 861. The van der Waals surface area contributed by atoms with Gasteiger partial charge in [-0.15, -0.1) is 0 Å². The van der Waals surface area contributed by atoms with Gasteiger partial charge in [0.1, 0.15) is 23.8 Å². The summed E-state index contributed by atoms with van der Waals surface area (Å²) in [6.07, 6.45) is 1.40. The third kappa shape index (κ3) is 1.90. The predicted octanol–water partition coefficient (Wildman–Crippen LogP) is 1.87. The first kappa shape index (κ1) is 12.1. The molecule has 0 bridgehead atoms. The van der Waals surface area contributed by atoms with E-state index in [1.54, 1.807) is 10.6 Å². The molecule has 0 fully saturated rings. The molecular weight excluding hydrogens is 292 g/mol. The fourth-order valence-electron chi connectivity index (χ4n) is 2.40. The molecule has 0 aliphatic carbocycles. The molecule has 0 spiro atoms. The van der Waals surface area contributed by atoms with Gasteiger partial charge in [0.05, 0.1) is 11.4 Å². The highest BCUT2D eigenvalue weighted by Gasteiger charge is 2.25. The van der Waals surface area contributed by atoms with Crippen LogP contribution in [0.15, 0.2) is 36.7 Å². The van der Waals surface area contributed by atoms with Crippen LogP contribution in [-0.4, -0.2) is 32.0 Å². The zero-order valence-corrected chi connectivity index (χ0v) is 11.4. The number of carbonyl (C=O) groups excluding carboxylic acids is 1. The number of fused-ring (bicyclic) bond motifs is 2. The maximum atomic E-state index is 11.9. The summed E-state index contributed by atoms with van der Waals surface area (Å²) in [5.74, 6) is 0.931. The SMILES string of the molecule is O=C1CN(c2cc(Cl)nc3ncnn23)c2ccccc2N1. The molecule has 104 valence electrons. The van der Waals surface area contributed by atoms with Crippen molar-refractivity contribution in [1.82, 2.24) is 19.6 Å². The van der Waals surface area contributed by atoms with Crippen LogP contribution in [-0.2, 0) is 4.79 Å². The molecule has 0 unspecified atom stereocenters. The first-order chi connectivity index (χ1) is 10.2. The number of rotatable bonds is 1. The van der Waals surface area contributed by atoms with Gasteiger partial charge in [-0.3, -0.25) is 4.79 Å². The van der Waals surface area contributed by atoms with Crippen molar-refractivity contribution in [3.63, 3.8) is 0 Å². The lowest BCUT2D eigenvalue weighted by molar-refractivity contribution is -0.115. The highest BCUT2D eigenvalue weighted by atomic mass is 35.5. The molecule has 4 rings (SSSR count). The van der Waals surface area contributed by atoms with Crippen LogP contribution in [0.1, 0.15) is 0 Å². The second-order valence-corrected chi connectivity index (χ2v) is 4.95. The summed E-state index contributed by atoms with van der Waals surface area (Å²) in [7, 11) is 0. The topological polar surface area (TPSA) is 75.4 Å². The van der Waals surface area contributed by atoms with Crippen molar-refractivity contribution < 1.29 is 4.79 Å². The molecule has 0 saturated heterocycles. The molecule has 21 heavy (non-hydrogen) atoms. The van der Waals surface area contributed by atoms with E-state index < -0.39 is 0 Å². The number of nitrogens with zero attached hydrogens (tertiary/aromatic N) is 5. The Morgan fingerprint density at radius 3 is 3.05 bits per heavy atom. The van der Waals surface area contributed by atoms with Crippen LogP contribution in [0.2, 0.25) is 5.15 Å². The number of aromatic nitrogens is 4. The van der Waals surface area contributed by atoms with Gasteiger partial charge in [0, 0.05) is 6.07 Å². The normalized spacial score (nSPS) is 14.1. The van der Waals surface area contributed by atoms with Crippen molar-refractivity contribution in [2.75, 3.05) is 16.8 Å². The minimum absolute atomic E-state index is 0.102. The van der Waals surface area contributed by atoms with Gasteiger partial charge >= 0.3 is 0 Å². The van der Waals surface area contributed by atoms with Crippen molar-refractivity contribution in [3.05, 3.63) is 41.8 Å². The van der Waals surface area contributed by atoms with Crippen LogP contribution in [0.25, 0.3) is 5.78 Å². The van der Waals surface area contributed by atoms with E-state index >= 15 is 0 Å². The highest BCUT2D eigenvalue weighted by Crippen LogP contribution is 2.35. The predicted molar refractivity (Wildman–Crippen MR) is 77.9 cm³/mol. The van der Waals surface area contributed by atoms with Gasteiger partial charge in [-0.2, -0.15) is 19.6 Å². The van der Waals surface area contributed by atoms with Crippen LogP contribution in [0.3, 0.4) is 0 Å². The lowest BCUT2D eigenvalue weighted by atomic mass is 10.2. The third-order valence-electron chi connectivity index (χ3n) is 3.25. The molecule has 2 aromatic heterocycles. The Morgan fingerprint density at radius 2 is 2.14 bits per heavy atom. The first-order valence-electron chi connectivity index (χ1n) is 6.25. The van der Waals surface area contributed by atoms with E-state index in [1.165, 1.54) is 6.33 Å². The number of carbonyl (C=O) groups is 1. The summed E-state index contributed by atoms with van der Waals surface area (Å²) >= 11 is 6.04. The van der Waals surface area contributed by atoms with Crippen molar-refractivity contribution >= 4 is 40.5 Å². The molecule has 3 aromatic rings. The number of benzene rings is 1. The molecule has 3 heterocycles. The smallest absolute Gasteiger partial charge is 0.255 e. The molecule has 1 aliphatic rings. The van der Waals surface area contributed by atoms with Gasteiger partial charge < -0.3 is 10.2 Å². The molecule has 1 N–H and O–H groups in total. The second kappa shape index (κ2) is 4.42. The summed E-state index contributed by atoms with van der Waals surface area (Å²) in [6, 6.07) is 9.21. The van der Waals surface area contributed by atoms with Crippen LogP contribution < -0.4 is 10.2 Å². The van der Waals surface area contributed by atoms with Gasteiger partial charge in [0.15, 0.2) is 0 Å². The van der Waals surface area contributed by atoms with Crippen LogP contribution >= 0.6 is 11.6 Å². The van der Waals surface area contributed by atoms with Crippen LogP contribution in [0, 0.1) is 0 Å². The van der Waals surface area contributed by atoms with Gasteiger partial charge in [-0.1, -0.05) is 23.7 Å².